The Morgan fingerprint density at radius 1 is 1.33 bits per heavy atom. The van der Waals surface area contributed by atoms with Crippen LogP contribution < -0.4 is 22.1 Å². The van der Waals surface area contributed by atoms with Gasteiger partial charge in [-0.3, -0.25) is 14.4 Å². The van der Waals surface area contributed by atoms with Crippen LogP contribution in [-0.4, -0.2) is 125 Å². The van der Waals surface area contributed by atoms with E-state index in [0.29, 0.717) is 26.1 Å². The predicted molar refractivity (Wildman–Crippen MR) is 138 cm³/mol. The number of carbonyl (C=O) groups excluding carboxylic acids is 3. The highest BCUT2D eigenvalue weighted by atomic mass is 32.2. The number of hydrogen-bond donors (Lipinski definition) is 5. The van der Waals surface area contributed by atoms with E-state index in [1.165, 1.54) is 27.7 Å². The third-order valence-corrected chi connectivity index (χ3v) is 9.76. The van der Waals surface area contributed by atoms with Crippen molar-refractivity contribution in [1.29, 1.82) is 0 Å². The lowest BCUT2D eigenvalue weighted by Gasteiger charge is -2.48. The molecule has 0 aromatic carbocycles. The Hall–Kier alpha value is -3.47. The topological polar surface area (TPSA) is 227 Å². The molecule has 0 aliphatic carbocycles. The molecule has 16 nitrogen and oxygen atoms in total. The van der Waals surface area contributed by atoms with Gasteiger partial charge in [0.25, 0.3) is 0 Å². The molecule has 5 heterocycles. The number of rotatable bonds is 9. The molecule has 4 saturated heterocycles. The van der Waals surface area contributed by atoms with Crippen LogP contribution in [0.1, 0.15) is 20.3 Å². The fourth-order valence-corrected chi connectivity index (χ4v) is 7.97. The number of aliphatic carboxylic acids is 1. The Morgan fingerprint density at radius 3 is 2.72 bits per heavy atom. The van der Waals surface area contributed by atoms with Crippen molar-refractivity contribution in [3.8, 4) is 0 Å². The summed E-state index contributed by atoms with van der Waals surface area (Å²) in [6.45, 7) is 5.14. The van der Waals surface area contributed by atoms with Crippen molar-refractivity contribution in [3.63, 3.8) is 0 Å². The molecule has 0 saturated carbocycles. The minimum Gasteiger partial charge on any atom is -0.480 e. The van der Waals surface area contributed by atoms with Crippen molar-refractivity contribution in [1.82, 2.24) is 40.6 Å². The van der Waals surface area contributed by atoms with Gasteiger partial charge in [-0.1, -0.05) is 6.92 Å². The van der Waals surface area contributed by atoms with Gasteiger partial charge in [0.1, 0.15) is 18.9 Å². The smallest absolute Gasteiger partial charge is 0.327 e. The first kappa shape index (κ1) is 27.1. The number of nitrogens with two attached hydrogens (primary N) is 2. The monoisotopic (exact) mass is 563 g/mol. The van der Waals surface area contributed by atoms with E-state index < -0.39 is 24.0 Å². The molecule has 4 aliphatic heterocycles. The number of nitrogens with one attached hydrogen (secondary N) is 2. The van der Waals surface area contributed by atoms with E-state index in [0.717, 1.165) is 0 Å². The van der Waals surface area contributed by atoms with Crippen molar-refractivity contribution in [2.24, 2.45) is 28.3 Å². The van der Waals surface area contributed by atoms with Crippen molar-refractivity contribution < 1.29 is 24.3 Å². The average Bonchev–Trinajstić information content (AvgIpc) is 3.56. The number of carboxylic acid groups (broad SMARTS) is 1. The number of hydrogen-bond acceptors (Lipinski definition) is 10. The molecular weight excluding hydrogens is 530 g/mol. The second-order valence-electron chi connectivity index (χ2n) is 10.6. The Labute approximate surface area is 228 Å². The first-order valence-electron chi connectivity index (χ1n) is 12.9. The summed E-state index contributed by atoms with van der Waals surface area (Å²) in [6.07, 6.45) is 1.88. The molecule has 7 N–H and O–H groups in total. The van der Waals surface area contributed by atoms with E-state index in [1.807, 2.05) is 6.92 Å². The summed E-state index contributed by atoms with van der Waals surface area (Å²) in [6, 6.07) is -2.20. The van der Waals surface area contributed by atoms with Gasteiger partial charge in [0.05, 0.1) is 18.0 Å². The van der Waals surface area contributed by atoms with Gasteiger partial charge in [-0.2, -0.15) is 11.8 Å². The first-order chi connectivity index (χ1) is 18.5. The van der Waals surface area contributed by atoms with E-state index in [9.17, 15) is 24.3 Å². The fraction of sp³-hybridized carbons (Fsp3) is 0.727. The summed E-state index contributed by atoms with van der Waals surface area (Å²) in [5.74, 6) is -2.31. The third-order valence-electron chi connectivity index (χ3n) is 8.02. The van der Waals surface area contributed by atoms with Gasteiger partial charge in [-0.25, -0.2) is 14.5 Å². The van der Waals surface area contributed by atoms with E-state index in [4.69, 9.17) is 11.5 Å². The standard InChI is InChI=1S/C22H33N11O5S/c1-9-16-15(10(2)27-14(34)7-32-8-26-29-30-32)20(36)33(16)17(21(37)38)18(9)39-12-3-13(25-4-12)19(35)31-5-11(6-31)28-22(23)24/h8-13,15-18,25H,3-7H2,1-2H3,(H,27,34)(H,37,38)(H4,23,24,28)/t9?,10?,12-,13?,15-,16-,17+,18?/m1/s1. The molecule has 8 atom stereocenters. The van der Waals surface area contributed by atoms with Crippen LogP contribution in [0, 0.1) is 11.8 Å². The molecule has 4 fully saturated rings. The number of carboxylic acids is 1. The van der Waals surface area contributed by atoms with Gasteiger partial charge in [0.15, 0.2) is 5.96 Å². The van der Waals surface area contributed by atoms with E-state index in [1.54, 1.807) is 11.8 Å². The number of carbonyl (C=O) groups is 4. The van der Waals surface area contributed by atoms with Crippen LogP contribution in [0.4, 0.5) is 0 Å². The molecule has 1 aromatic rings. The Balaban J connectivity index is 1.18. The van der Waals surface area contributed by atoms with Gasteiger partial charge < -0.3 is 37.0 Å². The molecule has 0 bridgehead atoms. The van der Waals surface area contributed by atoms with Crippen molar-refractivity contribution >= 4 is 41.4 Å². The van der Waals surface area contributed by atoms with Crippen LogP contribution in [0.25, 0.3) is 0 Å². The number of nitrogens with zero attached hydrogens (tertiary/aromatic N) is 7. The predicted octanol–water partition coefficient (Wildman–Crippen LogP) is -3.58. The van der Waals surface area contributed by atoms with E-state index >= 15 is 0 Å². The van der Waals surface area contributed by atoms with Crippen molar-refractivity contribution in [3.05, 3.63) is 6.33 Å². The summed E-state index contributed by atoms with van der Waals surface area (Å²) in [5, 5.41) is 26.5. The number of aromatic nitrogens is 4. The number of aliphatic imine (C=N–C) groups is 1. The number of guanidine groups is 1. The quantitative estimate of drug-likeness (QED) is 0.112. The van der Waals surface area contributed by atoms with Crippen LogP contribution in [0.2, 0.25) is 0 Å². The summed E-state index contributed by atoms with van der Waals surface area (Å²) in [4.78, 5) is 58.0. The molecule has 0 radical (unpaired) electrons. The van der Waals surface area contributed by atoms with Crippen LogP contribution >= 0.6 is 11.8 Å². The summed E-state index contributed by atoms with van der Waals surface area (Å²) < 4.78 is 1.28. The molecule has 39 heavy (non-hydrogen) atoms. The summed E-state index contributed by atoms with van der Waals surface area (Å²) >= 11 is 1.53. The number of likely N-dealkylation sites (tertiary alicyclic amines) is 1. The van der Waals surface area contributed by atoms with Crippen LogP contribution in [-0.2, 0) is 25.7 Å². The largest absolute Gasteiger partial charge is 0.480 e. The van der Waals surface area contributed by atoms with Crippen LogP contribution in [0.3, 0.4) is 0 Å². The van der Waals surface area contributed by atoms with Gasteiger partial charge in [0.2, 0.25) is 17.7 Å². The van der Waals surface area contributed by atoms with Crippen LogP contribution in [0.15, 0.2) is 11.3 Å². The molecule has 212 valence electrons. The number of amides is 3. The number of β-lactam (4-membered cyclic amide) rings is 1. The van der Waals surface area contributed by atoms with Gasteiger partial charge in [-0.15, -0.1) is 5.10 Å². The van der Waals surface area contributed by atoms with Gasteiger partial charge in [-0.05, 0) is 29.7 Å². The molecular formula is C22H33N11O5S. The lowest BCUT2D eigenvalue weighted by Crippen LogP contribution is -2.68. The molecule has 5 rings (SSSR count). The molecule has 4 unspecified atom stereocenters. The summed E-state index contributed by atoms with van der Waals surface area (Å²) in [7, 11) is 0. The zero-order valence-electron chi connectivity index (χ0n) is 21.6. The fourth-order valence-electron chi connectivity index (χ4n) is 6.22. The first-order valence-corrected chi connectivity index (χ1v) is 13.8. The zero-order valence-corrected chi connectivity index (χ0v) is 22.4. The van der Waals surface area contributed by atoms with Crippen molar-refractivity contribution in [2.45, 2.75) is 67.5 Å². The minimum atomic E-state index is -1.05. The van der Waals surface area contributed by atoms with Crippen molar-refractivity contribution in [2.75, 3.05) is 19.6 Å². The molecule has 0 spiro atoms. The Kier molecular flexibility index (Phi) is 7.37. The van der Waals surface area contributed by atoms with Gasteiger partial charge >= 0.3 is 5.97 Å². The zero-order chi connectivity index (χ0) is 28.0. The molecule has 3 amide bonds. The number of fused-ring (bicyclic) bond motifs is 1. The Bertz CT molecular complexity index is 1160. The van der Waals surface area contributed by atoms with Crippen LogP contribution in [0.5, 0.6) is 0 Å². The number of thioether (sulfide) groups is 1. The second kappa shape index (κ2) is 10.6. The van der Waals surface area contributed by atoms with E-state index in [2.05, 4.69) is 31.2 Å². The lowest BCUT2D eigenvalue weighted by atomic mass is 9.78. The highest BCUT2D eigenvalue weighted by Gasteiger charge is 2.65. The third kappa shape index (κ3) is 5.11. The maximum Gasteiger partial charge on any atom is 0.327 e. The SMILES string of the molecule is CC(NC(=O)Cn1cnnn1)[C@H]1C(=O)N2[C@H](C(=O)O)C(S[C@H]3CNC(C(=O)N4CC(N=C(N)N)C4)C3)C(C)[C@H]12. The molecule has 1 aromatic heterocycles. The number of tetrazole rings is 1. The summed E-state index contributed by atoms with van der Waals surface area (Å²) in [5.41, 5.74) is 10.8. The maximum atomic E-state index is 13.2. The highest BCUT2D eigenvalue weighted by Crippen LogP contribution is 2.50. The lowest BCUT2D eigenvalue weighted by molar-refractivity contribution is -0.166. The second-order valence-corrected chi connectivity index (χ2v) is 12.1. The Morgan fingerprint density at radius 2 is 2.08 bits per heavy atom. The molecule has 4 aliphatic rings. The maximum absolute atomic E-state index is 13.2. The normalized spacial score (nSPS) is 32.7. The van der Waals surface area contributed by atoms with E-state index in [-0.39, 0.29) is 64.8 Å². The molecule has 17 heteroatoms. The minimum absolute atomic E-state index is 0.00718. The van der Waals surface area contributed by atoms with Gasteiger partial charge in [0, 0.05) is 42.2 Å². The average molecular weight is 564 g/mol. The highest BCUT2D eigenvalue weighted by molar-refractivity contribution is 8.00.